The minimum absolute atomic E-state index is 0.332. The summed E-state index contributed by atoms with van der Waals surface area (Å²) < 4.78 is 0. The van der Waals surface area contributed by atoms with Crippen molar-refractivity contribution in [3.05, 3.63) is 5.01 Å². The highest BCUT2D eigenvalue weighted by molar-refractivity contribution is 7.15. The van der Waals surface area contributed by atoms with Crippen molar-refractivity contribution >= 4 is 22.6 Å². The molecule has 84 valence electrons. The first-order valence-electron chi connectivity index (χ1n) is 4.85. The lowest BCUT2D eigenvalue weighted by atomic mass is 10.1. The van der Waals surface area contributed by atoms with Crippen LogP contribution in [0.15, 0.2) is 0 Å². The zero-order valence-corrected chi connectivity index (χ0v) is 9.87. The Hall–Kier alpha value is -1.17. The lowest BCUT2D eigenvalue weighted by Gasteiger charge is -2.18. The fraction of sp³-hybridized carbons (Fsp3) is 0.667. The SMILES string of the molecule is CCN(C(=O)[O-])c1nnc(CC(C)C)s1. The van der Waals surface area contributed by atoms with Gasteiger partial charge in [-0.25, -0.2) is 0 Å². The number of carbonyl (C=O) groups is 1. The van der Waals surface area contributed by atoms with Crippen molar-refractivity contribution in [2.75, 3.05) is 11.4 Å². The normalized spacial score (nSPS) is 10.7. The first-order chi connectivity index (χ1) is 7.04. The van der Waals surface area contributed by atoms with Gasteiger partial charge in [0.25, 0.3) is 0 Å². The average molecular weight is 228 g/mol. The number of carbonyl (C=O) groups excluding carboxylic acids is 1. The van der Waals surface area contributed by atoms with Crippen LogP contribution in [0.25, 0.3) is 0 Å². The first-order valence-corrected chi connectivity index (χ1v) is 5.67. The molecule has 5 nitrogen and oxygen atoms in total. The van der Waals surface area contributed by atoms with E-state index in [1.165, 1.54) is 11.3 Å². The highest BCUT2D eigenvalue weighted by Gasteiger charge is 2.12. The molecule has 1 aromatic rings. The van der Waals surface area contributed by atoms with E-state index in [0.29, 0.717) is 17.6 Å². The Morgan fingerprint density at radius 2 is 2.20 bits per heavy atom. The van der Waals surface area contributed by atoms with E-state index < -0.39 is 6.09 Å². The molecule has 1 heterocycles. The first kappa shape index (κ1) is 11.9. The second kappa shape index (κ2) is 5.06. The number of hydrogen-bond acceptors (Lipinski definition) is 5. The van der Waals surface area contributed by atoms with Crippen LogP contribution in [-0.2, 0) is 6.42 Å². The van der Waals surface area contributed by atoms with Gasteiger partial charge in [0.1, 0.15) is 11.1 Å². The van der Waals surface area contributed by atoms with Gasteiger partial charge in [-0.3, -0.25) is 0 Å². The van der Waals surface area contributed by atoms with Gasteiger partial charge in [-0.2, -0.15) is 0 Å². The molecular weight excluding hydrogens is 214 g/mol. The molecule has 0 unspecified atom stereocenters. The average Bonchev–Trinajstić information content (AvgIpc) is 2.52. The van der Waals surface area contributed by atoms with Gasteiger partial charge in [-0.1, -0.05) is 25.2 Å². The molecule has 0 N–H and O–H groups in total. The summed E-state index contributed by atoms with van der Waals surface area (Å²) in [5.41, 5.74) is 0. The number of hydrogen-bond donors (Lipinski definition) is 0. The molecular formula is C9H14N3O2S-. The van der Waals surface area contributed by atoms with Crippen molar-refractivity contribution in [2.45, 2.75) is 27.2 Å². The molecule has 0 aliphatic carbocycles. The molecule has 0 atom stereocenters. The Morgan fingerprint density at radius 1 is 1.53 bits per heavy atom. The third kappa shape index (κ3) is 3.16. The van der Waals surface area contributed by atoms with Gasteiger partial charge in [0.2, 0.25) is 5.13 Å². The predicted octanol–water partition coefficient (Wildman–Crippen LogP) is 0.906. The largest absolute Gasteiger partial charge is 0.530 e. The van der Waals surface area contributed by atoms with Crippen LogP contribution in [0, 0.1) is 5.92 Å². The number of amides is 1. The van der Waals surface area contributed by atoms with E-state index in [1.54, 1.807) is 6.92 Å². The predicted molar refractivity (Wildman–Crippen MR) is 56.9 cm³/mol. The molecule has 1 aromatic heterocycles. The summed E-state index contributed by atoms with van der Waals surface area (Å²) in [6, 6.07) is 0. The molecule has 0 saturated heterocycles. The third-order valence-corrected chi connectivity index (χ3v) is 2.78. The van der Waals surface area contributed by atoms with Crippen LogP contribution >= 0.6 is 11.3 Å². The second-order valence-corrected chi connectivity index (χ2v) is 4.63. The van der Waals surface area contributed by atoms with Crippen molar-refractivity contribution in [1.29, 1.82) is 0 Å². The van der Waals surface area contributed by atoms with E-state index in [0.717, 1.165) is 16.3 Å². The molecule has 0 spiro atoms. The smallest absolute Gasteiger partial charge is 0.213 e. The van der Waals surface area contributed by atoms with E-state index in [2.05, 4.69) is 24.0 Å². The van der Waals surface area contributed by atoms with Crippen molar-refractivity contribution in [3.8, 4) is 0 Å². The third-order valence-electron chi connectivity index (χ3n) is 1.81. The Bertz CT molecular complexity index is 338. The molecule has 0 fully saturated rings. The van der Waals surface area contributed by atoms with E-state index in [-0.39, 0.29) is 0 Å². The van der Waals surface area contributed by atoms with E-state index in [4.69, 9.17) is 0 Å². The molecule has 1 rings (SSSR count). The fourth-order valence-electron chi connectivity index (χ4n) is 1.13. The highest BCUT2D eigenvalue weighted by Crippen LogP contribution is 2.21. The number of rotatable bonds is 4. The number of nitrogens with zero attached hydrogens (tertiary/aromatic N) is 3. The van der Waals surface area contributed by atoms with Crippen molar-refractivity contribution in [2.24, 2.45) is 5.92 Å². The van der Waals surface area contributed by atoms with Crippen LogP contribution in [0.1, 0.15) is 25.8 Å². The van der Waals surface area contributed by atoms with Gasteiger partial charge in [-0.05, 0) is 12.8 Å². The fourth-order valence-corrected chi connectivity index (χ4v) is 2.23. The monoisotopic (exact) mass is 228 g/mol. The topological polar surface area (TPSA) is 69.2 Å². The summed E-state index contributed by atoms with van der Waals surface area (Å²) in [5.74, 6) is 0.490. The Labute approximate surface area is 92.7 Å². The molecule has 1 amide bonds. The van der Waals surface area contributed by atoms with Crippen molar-refractivity contribution in [1.82, 2.24) is 10.2 Å². The summed E-state index contributed by atoms with van der Waals surface area (Å²) >= 11 is 1.31. The maximum absolute atomic E-state index is 10.7. The maximum Gasteiger partial charge on any atom is 0.213 e. The number of anilines is 1. The van der Waals surface area contributed by atoms with Crippen LogP contribution in [0.3, 0.4) is 0 Å². The van der Waals surface area contributed by atoms with Gasteiger partial charge >= 0.3 is 0 Å². The number of aromatic nitrogens is 2. The van der Waals surface area contributed by atoms with Crippen molar-refractivity contribution < 1.29 is 9.90 Å². The Balaban J connectivity index is 2.78. The molecule has 0 aliphatic rings. The van der Waals surface area contributed by atoms with Crippen LogP contribution in [0.5, 0.6) is 0 Å². The highest BCUT2D eigenvalue weighted by atomic mass is 32.1. The van der Waals surface area contributed by atoms with Gasteiger partial charge in [0, 0.05) is 13.0 Å². The lowest BCUT2D eigenvalue weighted by molar-refractivity contribution is -0.246. The molecule has 0 aliphatic heterocycles. The van der Waals surface area contributed by atoms with Gasteiger partial charge in [0.15, 0.2) is 0 Å². The minimum Gasteiger partial charge on any atom is -0.530 e. The molecule has 0 bridgehead atoms. The van der Waals surface area contributed by atoms with Crippen LogP contribution in [-0.4, -0.2) is 22.8 Å². The van der Waals surface area contributed by atoms with Crippen molar-refractivity contribution in [3.63, 3.8) is 0 Å². The Kier molecular flexibility index (Phi) is 4.02. The quantitative estimate of drug-likeness (QED) is 0.768. The van der Waals surface area contributed by atoms with E-state index in [1.807, 2.05) is 0 Å². The Morgan fingerprint density at radius 3 is 2.67 bits per heavy atom. The zero-order valence-electron chi connectivity index (χ0n) is 9.06. The summed E-state index contributed by atoms with van der Waals surface area (Å²) in [7, 11) is 0. The van der Waals surface area contributed by atoms with Crippen LogP contribution in [0.4, 0.5) is 9.93 Å². The minimum atomic E-state index is -1.23. The van der Waals surface area contributed by atoms with Crippen LogP contribution in [0.2, 0.25) is 0 Å². The number of carboxylic acid groups (broad SMARTS) is 1. The van der Waals surface area contributed by atoms with E-state index in [9.17, 15) is 9.90 Å². The summed E-state index contributed by atoms with van der Waals surface area (Å²) in [5, 5.41) is 19.8. The second-order valence-electron chi connectivity index (χ2n) is 3.59. The van der Waals surface area contributed by atoms with Gasteiger partial charge < -0.3 is 14.8 Å². The molecule has 15 heavy (non-hydrogen) atoms. The summed E-state index contributed by atoms with van der Waals surface area (Å²) in [4.78, 5) is 11.8. The molecule has 0 saturated carbocycles. The van der Waals surface area contributed by atoms with Crippen LogP contribution < -0.4 is 10.0 Å². The lowest BCUT2D eigenvalue weighted by Crippen LogP contribution is -2.41. The molecule has 0 radical (unpaired) electrons. The maximum atomic E-state index is 10.7. The van der Waals surface area contributed by atoms with E-state index >= 15 is 0 Å². The van der Waals surface area contributed by atoms with Gasteiger partial charge in [0.05, 0.1) is 0 Å². The standard InChI is InChI=1S/C9H15N3O2S/c1-4-12(9(13)14)8-11-10-7(15-8)5-6(2)3/h6H,4-5H2,1-3H3,(H,13,14)/p-1. The summed E-state index contributed by atoms with van der Waals surface area (Å²) in [6.07, 6.45) is -0.410. The summed E-state index contributed by atoms with van der Waals surface area (Å²) in [6.45, 7) is 6.23. The van der Waals surface area contributed by atoms with Gasteiger partial charge in [-0.15, -0.1) is 10.2 Å². The molecule has 0 aromatic carbocycles. The molecule has 6 heteroatoms. The zero-order chi connectivity index (χ0) is 11.4.